The molecule has 1 saturated heterocycles. The van der Waals surface area contributed by atoms with Crippen LogP contribution in [0, 0.1) is 15.9 Å². The molecule has 9 nitrogen and oxygen atoms in total. The maximum Gasteiger partial charge on any atom is 0.269 e. The van der Waals surface area contributed by atoms with E-state index < -0.39 is 4.92 Å². The van der Waals surface area contributed by atoms with E-state index in [4.69, 9.17) is 9.97 Å². The number of aryl methyl sites for hydroxylation is 1. The third-order valence-electron chi connectivity index (χ3n) is 8.22. The highest BCUT2D eigenvalue weighted by Crippen LogP contribution is 2.32. The van der Waals surface area contributed by atoms with Crippen molar-refractivity contribution >= 4 is 23.1 Å². The van der Waals surface area contributed by atoms with Crippen molar-refractivity contribution in [1.29, 1.82) is 0 Å². The van der Waals surface area contributed by atoms with E-state index in [-0.39, 0.29) is 17.4 Å². The Balaban J connectivity index is 1.29. The zero-order valence-electron chi connectivity index (χ0n) is 23.9. The van der Waals surface area contributed by atoms with Gasteiger partial charge in [-0.2, -0.15) is 0 Å². The highest BCUT2D eigenvalue weighted by molar-refractivity contribution is 6.06. The fourth-order valence-corrected chi connectivity index (χ4v) is 5.82. The Kier molecular flexibility index (Phi) is 8.37. The second kappa shape index (κ2) is 12.7. The normalized spacial score (nSPS) is 15.1. The summed E-state index contributed by atoms with van der Waals surface area (Å²) in [6.07, 6.45) is 3.65. The molecule has 1 amide bonds. The Bertz CT molecular complexity index is 1590. The third kappa shape index (κ3) is 6.39. The lowest BCUT2D eigenvalue weighted by Gasteiger charge is -2.37. The molecule has 1 fully saturated rings. The van der Waals surface area contributed by atoms with E-state index in [9.17, 15) is 19.3 Å². The van der Waals surface area contributed by atoms with Crippen molar-refractivity contribution in [3.63, 3.8) is 0 Å². The minimum absolute atomic E-state index is 0.0621. The molecule has 0 radical (unpaired) electrons. The van der Waals surface area contributed by atoms with Crippen LogP contribution < -0.4 is 9.80 Å². The van der Waals surface area contributed by atoms with Crippen LogP contribution in [0.2, 0.25) is 0 Å². The van der Waals surface area contributed by atoms with Gasteiger partial charge in [-0.15, -0.1) is 0 Å². The molecular formula is C33H33FN6O3. The summed E-state index contributed by atoms with van der Waals surface area (Å²) in [5.41, 5.74) is 4.17. The maximum absolute atomic E-state index is 14.1. The van der Waals surface area contributed by atoms with Crippen LogP contribution in [0.15, 0.2) is 78.9 Å². The van der Waals surface area contributed by atoms with E-state index in [2.05, 4.69) is 9.80 Å². The quantitative estimate of drug-likeness (QED) is 0.200. The zero-order valence-corrected chi connectivity index (χ0v) is 23.9. The Morgan fingerprint density at radius 2 is 1.58 bits per heavy atom. The monoisotopic (exact) mass is 580 g/mol. The summed E-state index contributed by atoms with van der Waals surface area (Å²) < 4.78 is 13.4. The lowest BCUT2D eigenvalue weighted by molar-refractivity contribution is -0.384. The Morgan fingerprint density at radius 1 is 0.884 bits per heavy atom. The molecule has 10 heteroatoms. The van der Waals surface area contributed by atoms with Crippen LogP contribution in [-0.4, -0.2) is 65.0 Å². The van der Waals surface area contributed by atoms with Crippen LogP contribution >= 0.6 is 0 Å². The number of nitro groups is 1. The minimum atomic E-state index is -0.468. The summed E-state index contributed by atoms with van der Waals surface area (Å²) in [7, 11) is 0. The van der Waals surface area contributed by atoms with Gasteiger partial charge in [0.2, 0.25) is 0 Å². The summed E-state index contributed by atoms with van der Waals surface area (Å²) in [4.78, 5) is 41.1. The number of carbonyl (C=O) groups excluding carboxylic acids is 1. The molecule has 4 aromatic rings. The van der Waals surface area contributed by atoms with Crippen LogP contribution in [0.25, 0.3) is 11.4 Å². The van der Waals surface area contributed by atoms with Crippen molar-refractivity contribution in [2.45, 2.75) is 25.7 Å². The number of nitro benzene ring substituents is 1. The van der Waals surface area contributed by atoms with Gasteiger partial charge in [0.1, 0.15) is 11.6 Å². The number of non-ortho nitro benzene ring substituents is 1. The number of amides is 1. The summed E-state index contributed by atoms with van der Waals surface area (Å²) in [5.74, 6) is 0.718. The number of nitrogens with zero attached hydrogens (tertiary/aromatic N) is 6. The molecule has 1 aliphatic carbocycles. The van der Waals surface area contributed by atoms with Crippen molar-refractivity contribution < 1.29 is 14.1 Å². The smallest absolute Gasteiger partial charge is 0.269 e. The molecule has 0 spiro atoms. The summed E-state index contributed by atoms with van der Waals surface area (Å²) in [6, 6.07) is 22.1. The zero-order chi connectivity index (χ0) is 29.8. The molecule has 1 aromatic heterocycles. The number of hydrogen-bond donors (Lipinski definition) is 0. The standard InChI is InChI=1S/C33H33FN6O3/c34-26-12-16-27(17-13-26)38-21-18-37(19-22-38)20-23-39(33(41)25-10-14-28(15-11-25)40(42)43)32-29-8-4-5-9-30(29)35-31(36-32)24-6-2-1-3-7-24/h1-3,6-7,10-17H,4-5,8-9,18-23H2. The highest BCUT2D eigenvalue weighted by atomic mass is 19.1. The fourth-order valence-electron chi connectivity index (χ4n) is 5.82. The van der Waals surface area contributed by atoms with Crippen molar-refractivity contribution in [3.8, 4) is 11.4 Å². The number of benzene rings is 3. The molecule has 220 valence electrons. The van der Waals surface area contributed by atoms with Gasteiger partial charge >= 0.3 is 0 Å². The van der Waals surface area contributed by atoms with E-state index in [0.717, 1.165) is 74.4 Å². The molecule has 0 bridgehead atoms. The van der Waals surface area contributed by atoms with E-state index in [0.29, 0.717) is 30.3 Å². The lowest BCUT2D eigenvalue weighted by Crippen LogP contribution is -2.49. The van der Waals surface area contributed by atoms with Crippen LogP contribution in [0.4, 0.5) is 21.6 Å². The van der Waals surface area contributed by atoms with Gasteiger partial charge in [-0.25, -0.2) is 14.4 Å². The average molecular weight is 581 g/mol. The average Bonchev–Trinajstić information content (AvgIpc) is 3.05. The Morgan fingerprint density at radius 3 is 2.28 bits per heavy atom. The number of hydrogen-bond acceptors (Lipinski definition) is 7. The number of piperazine rings is 1. The second-order valence-electron chi connectivity index (χ2n) is 10.9. The van der Waals surface area contributed by atoms with E-state index in [1.807, 2.05) is 30.3 Å². The molecule has 0 saturated carbocycles. The molecule has 0 atom stereocenters. The number of rotatable bonds is 8. The van der Waals surface area contributed by atoms with Crippen LogP contribution in [0.1, 0.15) is 34.5 Å². The van der Waals surface area contributed by atoms with Gasteiger partial charge in [0.05, 0.1) is 4.92 Å². The molecule has 2 aliphatic rings. The predicted molar refractivity (Wildman–Crippen MR) is 164 cm³/mol. The van der Waals surface area contributed by atoms with Crippen LogP contribution in [0.5, 0.6) is 0 Å². The first-order valence-corrected chi connectivity index (χ1v) is 14.7. The van der Waals surface area contributed by atoms with Gasteiger partial charge in [-0.3, -0.25) is 24.7 Å². The first kappa shape index (κ1) is 28.4. The Labute approximate surface area is 249 Å². The van der Waals surface area contributed by atoms with Crippen molar-refractivity contribution in [2.75, 3.05) is 49.1 Å². The topological polar surface area (TPSA) is 95.7 Å². The van der Waals surface area contributed by atoms with E-state index in [1.54, 1.807) is 17.0 Å². The number of aromatic nitrogens is 2. The van der Waals surface area contributed by atoms with Gasteiger partial charge < -0.3 is 4.90 Å². The van der Waals surface area contributed by atoms with Gasteiger partial charge in [-0.05, 0) is 62.1 Å². The highest BCUT2D eigenvalue weighted by Gasteiger charge is 2.28. The summed E-state index contributed by atoms with van der Waals surface area (Å²) in [6.45, 7) is 4.23. The molecular weight excluding hydrogens is 547 g/mol. The third-order valence-corrected chi connectivity index (χ3v) is 8.22. The maximum atomic E-state index is 14.1. The predicted octanol–water partition coefficient (Wildman–Crippen LogP) is 5.54. The number of halogens is 1. The molecule has 3 aromatic carbocycles. The van der Waals surface area contributed by atoms with E-state index in [1.165, 1.54) is 36.4 Å². The number of fused-ring (bicyclic) bond motifs is 1. The number of carbonyl (C=O) groups is 1. The second-order valence-corrected chi connectivity index (χ2v) is 10.9. The number of anilines is 2. The SMILES string of the molecule is O=C(c1ccc([N+](=O)[O-])cc1)N(CCN1CCN(c2ccc(F)cc2)CC1)c1nc(-c2ccccc2)nc2c1CCCC2. The van der Waals surface area contributed by atoms with Crippen molar-refractivity contribution in [1.82, 2.24) is 14.9 Å². The van der Waals surface area contributed by atoms with E-state index >= 15 is 0 Å². The Hall–Kier alpha value is -4.70. The first-order valence-electron chi connectivity index (χ1n) is 14.7. The van der Waals surface area contributed by atoms with Crippen molar-refractivity contribution in [2.24, 2.45) is 0 Å². The van der Waals surface area contributed by atoms with Crippen LogP contribution in [-0.2, 0) is 12.8 Å². The molecule has 0 N–H and O–H groups in total. The lowest BCUT2D eigenvalue weighted by atomic mass is 9.95. The van der Waals surface area contributed by atoms with Gasteiger partial charge in [0.25, 0.3) is 11.6 Å². The van der Waals surface area contributed by atoms with Crippen molar-refractivity contribution in [3.05, 3.63) is 112 Å². The minimum Gasteiger partial charge on any atom is -0.369 e. The molecule has 0 unspecified atom stereocenters. The fraction of sp³-hybridized carbons (Fsp3) is 0.303. The molecule has 43 heavy (non-hydrogen) atoms. The van der Waals surface area contributed by atoms with Crippen LogP contribution in [0.3, 0.4) is 0 Å². The van der Waals surface area contributed by atoms with Gasteiger partial charge in [0.15, 0.2) is 5.82 Å². The molecule has 2 heterocycles. The first-order chi connectivity index (χ1) is 21.0. The molecule has 6 rings (SSSR count). The summed E-state index contributed by atoms with van der Waals surface area (Å²) >= 11 is 0. The largest absolute Gasteiger partial charge is 0.369 e. The molecule has 1 aliphatic heterocycles. The summed E-state index contributed by atoms with van der Waals surface area (Å²) in [5, 5.41) is 11.2. The van der Waals surface area contributed by atoms with Gasteiger partial charge in [0, 0.05) is 79.5 Å². The van der Waals surface area contributed by atoms with Gasteiger partial charge in [-0.1, -0.05) is 30.3 Å².